The van der Waals surface area contributed by atoms with Crippen molar-refractivity contribution in [2.45, 2.75) is 45.6 Å². The molecule has 4 atom stereocenters. The van der Waals surface area contributed by atoms with Crippen molar-refractivity contribution in [2.24, 2.45) is 17.8 Å². The molecule has 2 aliphatic carbocycles. The predicted molar refractivity (Wildman–Crippen MR) is 71.0 cm³/mol. The minimum absolute atomic E-state index is 0.569. The lowest BCUT2D eigenvalue weighted by molar-refractivity contribution is 0.304. The Balaban J connectivity index is 1.65. The maximum absolute atomic E-state index is 4.54. The van der Waals surface area contributed by atoms with Gasteiger partial charge in [-0.25, -0.2) is 4.98 Å². The molecule has 0 spiro atoms. The van der Waals surface area contributed by atoms with Gasteiger partial charge in [0.2, 0.25) is 0 Å². The van der Waals surface area contributed by atoms with Gasteiger partial charge >= 0.3 is 0 Å². The van der Waals surface area contributed by atoms with Crippen LogP contribution in [-0.2, 0) is 0 Å². The van der Waals surface area contributed by atoms with Crippen LogP contribution in [0, 0.1) is 24.7 Å². The van der Waals surface area contributed by atoms with Gasteiger partial charge in [-0.2, -0.15) is 0 Å². The maximum atomic E-state index is 4.54. The summed E-state index contributed by atoms with van der Waals surface area (Å²) >= 11 is 0. The molecule has 2 bridgehead atoms. The van der Waals surface area contributed by atoms with Crippen molar-refractivity contribution in [2.75, 3.05) is 5.32 Å². The lowest BCUT2D eigenvalue weighted by Crippen LogP contribution is -2.30. The third kappa shape index (κ3) is 2.18. The zero-order valence-electron chi connectivity index (χ0n) is 10.8. The highest BCUT2D eigenvalue weighted by Gasteiger charge is 2.41. The molecule has 1 heterocycles. The molecule has 0 saturated heterocycles. The molecule has 2 fully saturated rings. The van der Waals surface area contributed by atoms with Crippen LogP contribution in [0.25, 0.3) is 0 Å². The Morgan fingerprint density at radius 2 is 2.18 bits per heavy atom. The molecule has 2 saturated carbocycles. The first-order valence-corrected chi connectivity index (χ1v) is 6.92. The van der Waals surface area contributed by atoms with E-state index in [9.17, 15) is 0 Å². The number of fused-ring (bicyclic) bond motifs is 2. The van der Waals surface area contributed by atoms with Crippen molar-refractivity contribution in [3.8, 4) is 0 Å². The fourth-order valence-electron chi connectivity index (χ4n) is 3.87. The zero-order chi connectivity index (χ0) is 11.8. The fraction of sp³-hybridized carbons (Fsp3) is 0.667. The minimum Gasteiger partial charge on any atom is -0.367 e. The van der Waals surface area contributed by atoms with Crippen LogP contribution < -0.4 is 5.32 Å². The number of aromatic nitrogens is 1. The lowest BCUT2D eigenvalue weighted by atomic mass is 9.84. The second kappa shape index (κ2) is 4.32. The van der Waals surface area contributed by atoms with Crippen molar-refractivity contribution in [1.29, 1.82) is 0 Å². The van der Waals surface area contributed by atoms with Crippen molar-refractivity contribution in [3.63, 3.8) is 0 Å². The highest BCUT2D eigenvalue weighted by molar-refractivity contribution is 5.36. The zero-order valence-corrected chi connectivity index (χ0v) is 10.8. The van der Waals surface area contributed by atoms with Gasteiger partial charge in [-0.15, -0.1) is 0 Å². The normalized spacial score (nSPS) is 32.7. The van der Waals surface area contributed by atoms with E-state index in [-0.39, 0.29) is 0 Å². The van der Waals surface area contributed by atoms with Gasteiger partial charge in [0, 0.05) is 11.7 Å². The van der Waals surface area contributed by atoms with Crippen LogP contribution in [0.3, 0.4) is 0 Å². The van der Waals surface area contributed by atoms with Gasteiger partial charge in [-0.1, -0.05) is 12.5 Å². The quantitative estimate of drug-likeness (QED) is 0.857. The van der Waals surface area contributed by atoms with E-state index < -0.39 is 0 Å². The Hall–Kier alpha value is -1.05. The van der Waals surface area contributed by atoms with Crippen LogP contribution in [0.4, 0.5) is 5.82 Å². The highest BCUT2D eigenvalue weighted by atomic mass is 15.0. The van der Waals surface area contributed by atoms with Gasteiger partial charge < -0.3 is 5.32 Å². The summed E-state index contributed by atoms with van der Waals surface area (Å²) in [6.07, 6.45) is 5.86. The molecule has 2 aliphatic rings. The van der Waals surface area contributed by atoms with E-state index in [1.807, 2.05) is 13.0 Å². The number of nitrogens with zero attached hydrogens (tertiary/aromatic N) is 1. The number of aryl methyl sites for hydroxylation is 1. The number of hydrogen-bond acceptors (Lipinski definition) is 2. The molecule has 0 amide bonds. The number of rotatable bonds is 3. The monoisotopic (exact) mass is 230 g/mol. The summed E-state index contributed by atoms with van der Waals surface area (Å²) in [7, 11) is 0. The van der Waals surface area contributed by atoms with Gasteiger partial charge in [0.15, 0.2) is 0 Å². The highest BCUT2D eigenvalue weighted by Crippen LogP contribution is 2.49. The number of pyridine rings is 1. The number of hydrogen-bond donors (Lipinski definition) is 1. The summed E-state index contributed by atoms with van der Waals surface area (Å²) in [5.74, 6) is 3.92. The molecule has 4 unspecified atom stereocenters. The largest absolute Gasteiger partial charge is 0.367 e. The van der Waals surface area contributed by atoms with E-state index in [2.05, 4.69) is 29.4 Å². The Bertz CT molecular complexity index is 402. The Morgan fingerprint density at radius 3 is 2.82 bits per heavy atom. The lowest BCUT2D eigenvalue weighted by Gasteiger charge is -2.28. The van der Waals surface area contributed by atoms with Crippen LogP contribution in [-0.4, -0.2) is 11.0 Å². The molecule has 17 heavy (non-hydrogen) atoms. The summed E-state index contributed by atoms with van der Waals surface area (Å²) in [6.45, 7) is 4.38. The smallest absolute Gasteiger partial charge is 0.126 e. The summed E-state index contributed by atoms with van der Waals surface area (Å²) in [4.78, 5) is 4.54. The molecule has 1 N–H and O–H groups in total. The van der Waals surface area contributed by atoms with Gasteiger partial charge in [-0.05, 0) is 63.0 Å². The molecule has 0 radical (unpaired) electrons. The minimum atomic E-state index is 0.569. The summed E-state index contributed by atoms with van der Waals surface area (Å²) in [6, 6.07) is 6.78. The van der Waals surface area contributed by atoms with E-state index in [1.54, 1.807) is 0 Å². The molecule has 2 nitrogen and oxygen atoms in total. The molecule has 92 valence electrons. The fourth-order valence-corrected chi connectivity index (χ4v) is 3.87. The van der Waals surface area contributed by atoms with Crippen molar-refractivity contribution >= 4 is 5.82 Å². The van der Waals surface area contributed by atoms with Crippen LogP contribution in [0.5, 0.6) is 0 Å². The van der Waals surface area contributed by atoms with E-state index in [0.29, 0.717) is 6.04 Å². The summed E-state index contributed by atoms with van der Waals surface area (Å²) < 4.78 is 0. The summed E-state index contributed by atoms with van der Waals surface area (Å²) in [5, 5.41) is 3.60. The molecule has 1 aromatic heterocycles. The Labute approximate surface area is 104 Å². The second-order valence-corrected chi connectivity index (χ2v) is 5.94. The standard InChI is InChI=1S/C15H22N2/c1-10-4-3-5-15(16-10)17-11(2)14-9-12-6-7-13(14)8-12/h3-5,11-14H,6-9H2,1-2H3,(H,16,17). The first kappa shape index (κ1) is 11.1. The average molecular weight is 230 g/mol. The molecule has 0 aromatic carbocycles. The van der Waals surface area contributed by atoms with Crippen molar-refractivity contribution in [1.82, 2.24) is 4.98 Å². The first-order valence-electron chi connectivity index (χ1n) is 6.92. The van der Waals surface area contributed by atoms with Gasteiger partial charge in [0.05, 0.1) is 0 Å². The second-order valence-electron chi connectivity index (χ2n) is 5.94. The SMILES string of the molecule is Cc1cccc(NC(C)C2CC3CCC2C3)n1. The maximum Gasteiger partial charge on any atom is 0.126 e. The third-order valence-electron chi connectivity index (χ3n) is 4.70. The molecular formula is C15H22N2. The first-order chi connectivity index (χ1) is 8.22. The van der Waals surface area contributed by atoms with Crippen LogP contribution in [0.2, 0.25) is 0 Å². The van der Waals surface area contributed by atoms with Crippen LogP contribution >= 0.6 is 0 Å². The van der Waals surface area contributed by atoms with Crippen LogP contribution in [0.1, 0.15) is 38.3 Å². The molecule has 1 aromatic rings. The van der Waals surface area contributed by atoms with Crippen molar-refractivity contribution in [3.05, 3.63) is 23.9 Å². The van der Waals surface area contributed by atoms with Crippen molar-refractivity contribution < 1.29 is 0 Å². The Morgan fingerprint density at radius 1 is 1.29 bits per heavy atom. The van der Waals surface area contributed by atoms with Gasteiger partial charge in [0.25, 0.3) is 0 Å². The molecule has 3 rings (SSSR count). The van der Waals surface area contributed by atoms with E-state index in [1.165, 1.54) is 25.7 Å². The van der Waals surface area contributed by atoms with E-state index >= 15 is 0 Å². The average Bonchev–Trinajstić information content (AvgIpc) is 2.90. The van der Waals surface area contributed by atoms with E-state index in [4.69, 9.17) is 0 Å². The van der Waals surface area contributed by atoms with Crippen LogP contribution in [0.15, 0.2) is 18.2 Å². The predicted octanol–water partition coefficient (Wildman–Crippen LogP) is 3.63. The Kier molecular flexibility index (Phi) is 2.81. The number of anilines is 1. The molecule has 2 heteroatoms. The topological polar surface area (TPSA) is 24.9 Å². The van der Waals surface area contributed by atoms with E-state index in [0.717, 1.165) is 29.3 Å². The molecular weight excluding hydrogens is 208 g/mol. The molecule has 0 aliphatic heterocycles. The van der Waals surface area contributed by atoms with Gasteiger partial charge in [-0.3, -0.25) is 0 Å². The number of nitrogens with one attached hydrogen (secondary N) is 1. The summed E-state index contributed by atoms with van der Waals surface area (Å²) in [5.41, 5.74) is 1.09. The van der Waals surface area contributed by atoms with Gasteiger partial charge in [0.1, 0.15) is 5.82 Å². The third-order valence-corrected chi connectivity index (χ3v) is 4.70.